The molecule has 16 heteroatoms. The number of aromatic nitrogens is 3. The number of likely N-dealkylation sites (tertiary alicyclic amines) is 1. The molecule has 0 saturated carbocycles. The molecule has 15 nitrogen and oxygen atoms in total. The lowest BCUT2D eigenvalue weighted by Crippen LogP contribution is -2.64. The van der Waals surface area contributed by atoms with E-state index in [-0.39, 0.29) is 43.1 Å². The first-order chi connectivity index (χ1) is 29.5. The van der Waals surface area contributed by atoms with E-state index in [1.807, 2.05) is 39.1 Å². The van der Waals surface area contributed by atoms with Gasteiger partial charge >= 0.3 is 12.0 Å². The number of likely N-dealkylation sites (N-methyl/N-ethyl adjacent to an activating group) is 1. The number of benzene rings is 1. The number of hydrogen-bond donors (Lipinski definition) is 2. The molecule has 2 saturated heterocycles. The Morgan fingerprint density at radius 1 is 1.15 bits per heavy atom. The first-order valence-corrected chi connectivity index (χ1v) is 22.6. The van der Waals surface area contributed by atoms with Crippen LogP contribution in [-0.2, 0) is 48.0 Å². The first-order valence-electron chi connectivity index (χ1n) is 21.7. The highest BCUT2D eigenvalue weighted by Gasteiger charge is 2.41. The summed E-state index contributed by atoms with van der Waals surface area (Å²) in [6.45, 7) is 16.1. The minimum atomic E-state index is -1.05. The van der Waals surface area contributed by atoms with Gasteiger partial charge in [0.1, 0.15) is 18.1 Å². The van der Waals surface area contributed by atoms with Crippen LogP contribution in [0.4, 0.5) is 4.79 Å². The predicted octanol–water partition coefficient (Wildman–Crippen LogP) is 5.86. The van der Waals surface area contributed by atoms with Crippen LogP contribution in [0.1, 0.15) is 77.3 Å². The lowest BCUT2D eigenvalue weighted by atomic mass is 9.84. The van der Waals surface area contributed by atoms with E-state index in [9.17, 15) is 19.2 Å². The molecule has 3 aliphatic rings. The molecule has 0 aliphatic carbocycles. The number of hydrazine groups is 1. The Hall–Kier alpha value is -4.90. The van der Waals surface area contributed by atoms with Crippen molar-refractivity contribution in [3.8, 4) is 22.5 Å². The number of esters is 1. The topological polar surface area (TPSA) is 160 Å². The van der Waals surface area contributed by atoms with Gasteiger partial charge in [-0.3, -0.25) is 24.4 Å². The van der Waals surface area contributed by atoms with Crippen molar-refractivity contribution in [3.05, 3.63) is 58.2 Å². The van der Waals surface area contributed by atoms with Crippen molar-refractivity contribution in [1.82, 2.24) is 40.1 Å². The van der Waals surface area contributed by atoms with Gasteiger partial charge in [0.2, 0.25) is 5.91 Å². The van der Waals surface area contributed by atoms with E-state index < -0.39 is 41.3 Å². The molecule has 3 aromatic heterocycles. The van der Waals surface area contributed by atoms with Gasteiger partial charge in [0.15, 0.2) is 0 Å². The van der Waals surface area contributed by atoms with Gasteiger partial charge in [-0.05, 0) is 68.4 Å². The molecule has 6 heterocycles. The summed E-state index contributed by atoms with van der Waals surface area (Å²) in [5.74, 6) is -1.69. The number of amides is 4. The smallest absolute Gasteiger partial charge is 0.325 e. The summed E-state index contributed by atoms with van der Waals surface area (Å²) in [6.07, 6.45) is 2.73. The molecule has 7 rings (SSSR count). The summed E-state index contributed by atoms with van der Waals surface area (Å²) in [5, 5.41) is 8.17. The van der Waals surface area contributed by atoms with Crippen LogP contribution in [-0.4, -0.2) is 125 Å². The van der Waals surface area contributed by atoms with Crippen molar-refractivity contribution < 1.29 is 33.4 Å². The second kappa shape index (κ2) is 18.4. The number of nitrogens with zero attached hydrogens (tertiary/aromatic N) is 6. The van der Waals surface area contributed by atoms with Gasteiger partial charge in [-0.2, -0.15) is 0 Å². The van der Waals surface area contributed by atoms with Gasteiger partial charge in [0.05, 0.1) is 54.0 Å². The summed E-state index contributed by atoms with van der Waals surface area (Å²) in [7, 11) is 4.92. The first kappa shape index (κ1) is 45.1. The van der Waals surface area contributed by atoms with Crippen molar-refractivity contribution >= 4 is 46.1 Å². The van der Waals surface area contributed by atoms with Crippen LogP contribution in [0.5, 0.6) is 0 Å². The molecular weight excluding hydrogens is 809 g/mol. The van der Waals surface area contributed by atoms with Gasteiger partial charge in [-0.15, -0.1) is 11.3 Å². The van der Waals surface area contributed by atoms with Crippen LogP contribution in [0.3, 0.4) is 0 Å². The van der Waals surface area contributed by atoms with Gasteiger partial charge in [-0.1, -0.05) is 40.7 Å². The number of rotatable bonds is 9. The third kappa shape index (κ3) is 8.97. The fourth-order valence-electron chi connectivity index (χ4n) is 9.02. The number of methoxy groups -OCH3 is 2. The number of carbonyl (C=O) groups excluding carboxylic acids is 4. The molecule has 334 valence electrons. The molecule has 4 aromatic rings. The zero-order valence-corrected chi connectivity index (χ0v) is 38.5. The maximum atomic E-state index is 14.6. The minimum Gasteiger partial charge on any atom is -0.464 e. The normalized spacial score (nSPS) is 21.9. The fourth-order valence-corrected chi connectivity index (χ4v) is 9.87. The second-order valence-corrected chi connectivity index (χ2v) is 19.1. The molecule has 0 radical (unpaired) electrons. The second-order valence-electron chi connectivity index (χ2n) is 18.2. The van der Waals surface area contributed by atoms with E-state index in [2.05, 4.69) is 60.3 Å². The van der Waals surface area contributed by atoms with Crippen LogP contribution >= 0.6 is 11.3 Å². The van der Waals surface area contributed by atoms with E-state index in [1.54, 1.807) is 32.4 Å². The summed E-state index contributed by atoms with van der Waals surface area (Å²) in [4.78, 5) is 69.4. The monoisotopic (exact) mass is 870 g/mol. The number of thiazole rings is 1. The number of carbonyl (C=O) groups is 4. The van der Waals surface area contributed by atoms with E-state index >= 15 is 0 Å². The number of hydrogen-bond acceptors (Lipinski definition) is 11. The Bertz CT molecular complexity index is 2300. The van der Waals surface area contributed by atoms with Crippen LogP contribution in [0.15, 0.2) is 41.9 Å². The Labute approximate surface area is 368 Å². The number of nitrogens with one attached hydrogen (secondary N) is 2. The van der Waals surface area contributed by atoms with E-state index in [0.717, 1.165) is 44.7 Å². The third-order valence-corrected chi connectivity index (χ3v) is 13.6. The number of pyridine rings is 1. The Balaban J connectivity index is 1.30. The Morgan fingerprint density at radius 2 is 1.90 bits per heavy atom. The molecule has 5 atom stereocenters. The van der Waals surface area contributed by atoms with Crippen molar-refractivity contribution in [2.24, 2.45) is 17.3 Å². The maximum Gasteiger partial charge on any atom is 0.325 e. The van der Waals surface area contributed by atoms with Gasteiger partial charge in [0, 0.05) is 79.8 Å². The average Bonchev–Trinajstić information content (AvgIpc) is 3.82. The van der Waals surface area contributed by atoms with Gasteiger partial charge in [0.25, 0.3) is 5.91 Å². The number of urea groups is 1. The van der Waals surface area contributed by atoms with Crippen LogP contribution in [0.25, 0.3) is 33.4 Å². The predicted molar refractivity (Wildman–Crippen MR) is 238 cm³/mol. The van der Waals surface area contributed by atoms with E-state index in [0.29, 0.717) is 44.0 Å². The number of cyclic esters (lactones) is 1. The van der Waals surface area contributed by atoms with Crippen molar-refractivity contribution in [1.29, 1.82) is 0 Å². The molecule has 6 bridgehead atoms. The minimum absolute atomic E-state index is 0.0389. The number of ether oxygens (including phenoxy) is 3. The molecular formula is C46H62N8O7S. The van der Waals surface area contributed by atoms with Gasteiger partial charge < -0.3 is 33.9 Å². The summed E-state index contributed by atoms with van der Waals surface area (Å²) in [5.41, 5.74) is 9.38. The molecule has 0 unspecified atom stereocenters. The molecule has 1 aromatic carbocycles. The highest BCUT2D eigenvalue weighted by Crippen LogP contribution is 2.42. The quantitative estimate of drug-likeness (QED) is 0.195. The zero-order chi connectivity index (χ0) is 44.6. The fraction of sp³-hybridized carbons (Fsp3) is 0.565. The standard InChI is InChI=1S/C46H62N8O7S/c1-11-53-36-15-14-29-19-32(36)33(41(53)31-13-12-17-47-39(31)28(5)59-9)21-46(6,7)25-61-44(57)38-27(4)16-18-54(50-38)43(56)34(20-37-48-35(29)24-62-37)49-42(55)40(26(2)3)51(8)45(58)52-22-30(23-52)60-10/h12-15,17,19,24,26-28,30,34,38,40,50H,11,16,18,20-23,25H2,1-10H3,(H,49,55)/t27-,28-,34-,38-,40-/m0/s1. The SMILES string of the molecule is CCn1c(-c2cccnc2[C@H](C)OC)c2c3cc(ccc31)-c1csc(n1)C[C@H](NC(=O)[C@H](C(C)C)N(C)C(=O)N1CC(OC)C1)C(=O)N1CC[C@H](C)[C@H](N1)C(=O)OCC(C)(C)C2. The Kier molecular flexibility index (Phi) is 13.4. The highest BCUT2D eigenvalue weighted by molar-refractivity contribution is 7.10. The summed E-state index contributed by atoms with van der Waals surface area (Å²) >= 11 is 1.42. The average molecular weight is 871 g/mol. The molecule has 0 spiro atoms. The number of fused-ring (bicyclic) bond motifs is 6. The number of aryl methyl sites for hydroxylation is 1. The summed E-state index contributed by atoms with van der Waals surface area (Å²) in [6, 6.07) is 7.45. The highest BCUT2D eigenvalue weighted by atomic mass is 32.1. The van der Waals surface area contributed by atoms with Crippen LogP contribution in [0, 0.1) is 17.3 Å². The van der Waals surface area contributed by atoms with E-state index in [1.165, 1.54) is 21.2 Å². The van der Waals surface area contributed by atoms with E-state index in [4.69, 9.17) is 24.2 Å². The maximum absolute atomic E-state index is 14.6. The third-order valence-electron chi connectivity index (χ3n) is 12.7. The van der Waals surface area contributed by atoms with Crippen molar-refractivity contribution in [2.45, 2.75) is 105 Å². The largest absolute Gasteiger partial charge is 0.464 e. The van der Waals surface area contributed by atoms with Crippen LogP contribution < -0.4 is 10.7 Å². The lowest BCUT2D eigenvalue weighted by Gasteiger charge is -2.42. The summed E-state index contributed by atoms with van der Waals surface area (Å²) < 4.78 is 19.7. The molecule has 62 heavy (non-hydrogen) atoms. The van der Waals surface area contributed by atoms with Crippen molar-refractivity contribution in [3.63, 3.8) is 0 Å². The lowest BCUT2D eigenvalue weighted by molar-refractivity contribution is -0.157. The van der Waals surface area contributed by atoms with Crippen LogP contribution in [0.2, 0.25) is 0 Å². The Morgan fingerprint density at radius 3 is 2.60 bits per heavy atom. The van der Waals surface area contributed by atoms with Gasteiger partial charge in [-0.25, -0.2) is 15.2 Å². The molecule has 2 N–H and O–H groups in total. The van der Waals surface area contributed by atoms with Crippen molar-refractivity contribution in [2.75, 3.05) is 47.5 Å². The zero-order valence-electron chi connectivity index (χ0n) is 37.7. The molecule has 3 aliphatic heterocycles. The molecule has 4 amide bonds. The molecule has 2 fully saturated rings.